The molecule has 2 saturated heterocycles. The van der Waals surface area contributed by atoms with Crippen LogP contribution in [0.5, 0.6) is 0 Å². The molecule has 1 atom stereocenters. The third kappa shape index (κ3) is 3.23. The van der Waals surface area contributed by atoms with E-state index < -0.39 is 0 Å². The van der Waals surface area contributed by atoms with Crippen LogP contribution in [-0.2, 0) is 9.53 Å². The van der Waals surface area contributed by atoms with Gasteiger partial charge in [0.15, 0.2) is 0 Å². The number of nitrogens with two attached hydrogens (primary N) is 1. The first kappa shape index (κ1) is 18.1. The van der Waals surface area contributed by atoms with Gasteiger partial charge in [-0.25, -0.2) is 4.98 Å². The second-order valence-corrected chi connectivity index (χ2v) is 7.59. The van der Waals surface area contributed by atoms with Crippen LogP contribution in [0.1, 0.15) is 18.5 Å². The fourth-order valence-corrected chi connectivity index (χ4v) is 4.40. The highest BCUT2D eigenvalue weighted by atomic mass is 16.5. The number of nitrogens with zero attached hydrogens (tertiary/aromatic N) is 5. The van der Waals surface area contributed by atoms with E-state index in [1.807, 2.05) is 24.6 Å². The Morgan fingerprint density at radius 3 is 2.86 bits per heavy atom. The smallest absolute Gasteiger partial charge is 0.240 e. The summed E-state index contributed by atoms with van der Waals surface area (Å²) < 4.78 is 5.51. The van der Waals surface area contributed by atoms with Crippen molar-refractivity contribution in [1.82, 2.24) is 9.97 Å². The van der Waals surface area contributed by atoms with Gasteiger partial charge in [-0.05, 0) is 25.0 Å². The van der Waals surface area contributed by atoms with Crippen molar-refractivity contribution >= 4 is 40.1 Å². The minimum absolute atomic E-state index is 0.276. The SMILES string of the molecule is NC(=O)[C@H]1CCCN1c1cc(N2CCOCC2)nc2c(C3=CC=NC3)nccc12. The molecule has 0 aromatic carbocycles. The van der Waals surface area contributed by atoms with Crippen molar-refractivity contribution < 1.29 is 9.53 Å². The predicted molar refractivity (Wildman–Crippen MR) is 113 cm³/mol. The number of ether oxygens (including phenoxy) is 1. The molecule has 0 unspecified atom stereocenters. The first-order valence-electron chi connectivity index (χ1n) is 10.1. The Balaban J connectivity index is 1.69. The van der Waals surface area contributed by atoms with Crippen LogP contribution in [-0.4, -0.2) is 67.5 Å². The van der Waals surface area contributed by atoms with Gasteiger partial charge in [-0.3, -0.25) is 14.8 Å². The summed E-state index contributed by atoms with van der Waals surface area (Å²) in [7, 11) is 0. The Kier molecular flexibility index (Phi) is 4.63. The molecule has 3 aliphatic heterocycles. The molecule has 1 amide bonds. The van der Waals surface area contributed by atoms with E-state index in [1.54, 1.807) is 0 Å². The van der Waals surface area contributed by atoms with Crippen LogP contribution in [0.25, 0.3) is 16.5 Å². The number of allylic oxidation sites excluding steroid dienone is 1. The van der Waals surface area contributed by atoms with Gasteiger partial charge < -0.3 is 20.3 Å². The van der Waals surface area contributed by atoms with Crippen LogP contribution in [0.15, 0.2) is 29.4 Å². The number of pyridine rings is 2. The highest BCUT2D eigenvalue weighted by molar-refractivity contribution is 6.02. The molecule has 5 heterocycles. The zero-order valence-corrected chi connectivity index (χ0v) is 16.3. The second kappa shape index (κ2) is 7.44. The topological polar surface area (TPSA) is 96.9 Å². The summed E-state index contributed by atoms with van der Waals surface area (Å²) in [6, 6.07) is 3.79. The van der Waals surface area contributed by atoms with E-state index in [-0.39, 0.29) is 11.9 Å². The zero-order valence-electron chi connectivity index (χ0n) is 16.3. The van der Waals surface area contributed by atoms with Gasteiger partial charge in [-0.2, -0.15) is 0 Å². The zero-order chi connectivity index (χ0) is 19.8. The number of primary amides is 1. The number of aromatic nitrogens is 2. The number of amides is 1. The average Bonchev–Trinajstić information content (AvgIpc) is 3.45. The van der Waals surface area contributed by atoms with Crippen LogP contribution in [0.2, 0.25) is 0 Å². The summed E-state index contributed by atoms with van der Waals surface area (Å²) in [5, 5.41) is 0.993. The number of anilines is 2. The quantitative estimate of drug-likeness (QED) is 0.845. The number of aliphatic imine (C=N–C) groups is 1. The van der Waals surface area contributed by atoms with Crippen LogP contribution < -0.4 is 15.5 Å². The maximum Gasteiger partial charge on any atom is 0.240 e. The van der Waals surface area contributed by atoms with Gasteiger partial charge in [0, 0.05) is 49.1 Å². The molecule has 2 aromatic heterocycles. The number of morpholine rings is 1. The third-order valence-corrected chi connectivity index (χ3v) is 5.87. The molecule has 150 valence electrons. The summed E-state index contributed by atoms with van der Waals surface area (Å²) in [6.07, 6.45) is 7.34. The maximum atomic E-state index is 12.1. The Morgan fingerprint density at radius 2 is 2.10 bits per heavy atom. The first-order chi connectivity index (χ1) is 14.2. The lowest BCUT2D eigenvalue weighted by atomic mass is 10.1. The van der Waals surface area contributed by atoms with Crippen molar-refractivity contribution in [3.05, 3.63) is 30.1 Å². The normalized spacial score (nSPS) is 21.8. The molecule has 0 spiro atoms. The van der Waals surface area contributed by atoms with E-state index in [0.717, 1.165) is 66.2 Å². The molecule has 29 heavy (non-hydrogen) atoms. The molecule has 8 heteroatoms. The van der Waals surface area contributed by atoms with E-state index in [4.69, 9.17) is 15.5 Å². The molecule has 0 radical (unpaired) electrons. The lowest BCUT2D eigenvalue weighted by Crippen LogP contribution is -2.41. The molecular formula is C21H24N6O2. The number of carbonyl (C=O) groups is 1. The minimum atomic E-state index is -0.288. The summed E-state index contributed by atoms with van der Waals surface area (Å²) >= 11 is 0. The monoisotopic (exact) mass is 392 g/mol. The van der Waals surface area contributed by atoms with Gasteiger partial charge in [0.2, 0.25) is 5.91 Å². The Bertz CT molecular complexity index is 1010. The fourth-order valence-electron chi connectivity index (χ4n) is 4.40. The summed E-state index contributed by atoms with van der Waals surface area (Å²) in [5.74, 6) is 0.612. The first-order valence-corrected chi connectivity index (χ1v) is 10.1. The molecule has 0 saturated carbocycles. The number of hydrogen-bond acceptors (Lipinski definition) is 7. The van der Waals surface area contributed by atoms with E-state index in [2.05, 4.69) is 25.8 Å². The predicted octanol–water partition coefficient (Wildman–Crippen LogP) is 1.39. The highest BCUT2D eigenvalue weighted by Crippen LogP contribution is 2.37. The van der Waals surface area contributed by atoms with Crippen molar-refractivity contribution in [3.63, 3.8) is 0 Å². The third-order valence-electron chi connectivity index (χ3n) is 5.87. The van der Waals surface area contributed by atoms with Crippen molar-refractivity contribution in [2.24, 2.45) is 10.7 Å². The highest BCUT2D eigenvalue weighted by Gasteiger charge is 2.31. The van der Waals surface area contributed by atoms with E-state index in [1.165, 1.54) is 0 Å². The lowest BCUT2D eigenvalue weighted by Gasteiger charge is -2.31. The van der Waals surface area contributed by atoms with Crippen molar-refractivity contribution in [2.45, 2.75) is 18.9 Å². The molecule has 3 aliphatic rings. The molecule has 5 rings (SSSR count). The van der Waals surface area contributed by atoms with Gasteiger partial charge in [0.1, 0.15) is 17.4 Å². The van der Waals surface area contributed by atoms with Crippen LogP contribution in [0, 0.1) is 0 Å². The molecular weight excluding hydrogens is 368 g/mol. The second-order valence-electron chi connectivity index (χ2n) is 7.59. The Labute approximate surface area is 169 Å². The Hall–Kier alpha value is -3.00. The minimum Gasteiger partial charge on any atom is -0.378 e. The van der Waals surface area contributed by atoms with E-state index in [9.17, 15) is 4.79 Å². The fraction of sp³-hybridized carbons (Fsp3) is 0.429. The number of hydrogen-bond donors (Lipinski definition) is 1. The molecule has 8 nitrogen and oxygen atoms in total. The average molecular weight is 392 g/mol. The summed E-state index contributed by atoms with van der Waals surface area (Å²) in [5.41, 5.74) is 9.47. The number of rotatable bonds is 4. The van der Waals surface area contributed by atoms with E-state index >= 15 is 0 Å². The van der Waals surface area contributed by atoms with Crippen molar-refractivity contribution in [1.29, 1.82) is 0 Å². The molecule has 2 aromatic rings. The molecule has 0 aliphatic carbocycles. The molecule has 2 fully saturated rings. The van der Waals surface area contributed by atoms with Crippen molar-refractivity contribution in [3.8, 4) is 0 Å². The number of fused-ring (bicyclic) bond motifs is 1. The molecule has 2 N–H and O–H groups in total. The van der Waals surface area contributed by atoms with E-state index in [0.29, 0.717) is 19.8 Å². The lowest BCUT2D eigenvalue weighted by molar-refractivity contribution is -0.119. The largest absolute Gasteiger partial charge is 0.378 e. The number of carbonyl (C=O) groups excluding carboxylic acids is 1. The van der Waals surface area contributed by atoms with Gasteiger partial charge in [0.25, 0.3) is 0 Å². The van der Waals surface area contributed by atoms with Crippen molar-refractivity contribution in [2.75, 3.05) is 49.2 Å². The van der Waals surface area contributed by atoms with Gasteiger partial charge in [-0.15, -0.1) is 0 Å². The van der Waals surface area contributed by atoms with Gasteiger partial charge in [-0.1, -0.05) is 0 Å². The molecule has 0 bridgehead atoms. The van der Waals surface area contributed by atoms with Crippen LogP contribution in [0.4, 0.5) is 11.5 Å². The maximum absolute atomic E-state index is 12.1. The van der Waals surface area contributed by atoms with Gasteiger partial charge in [0.05, 0.1) is 31.1 Å². The standard InChI is InChI=1S/C21H24N6O2/c22-21(28)16-2-1-7-27(16)17-12-18(26-8-10-29-11-9-26)25-20-15(17)4-6-24-19(20)14-3-5-23-13-14/h3-6,12,16H,1-2,7-11,13H2,(H2,22,28)/t16-/m1/s1. The van der Waals surface area contributed by atoms with Crippen LogP contribution >= 0.6 is 0 Å². The van der Waals surface area contributed by atoms with Crippen LogP contribution in [0.3, 0.4) is 0 Å². The summed E-state index contributed by atoms with van der Waals surface area (Å²) in [4.78, 5) is 30.4. The summed E-state index contributed by atoms with van der Waals surface area (Å²) in [6.45, 7) is 4.36. The van der Waals surface area contributed by atoms with Gasteiger partial charge >= 0.3 is 0 Å². The Morgan fingerprint density at radius 1 is 1.24 bits per heavy atom.